The van der Waals surface area contributed by atoms with Crippen molar-refractivity contribution in [2.75, 3.05) is 36.4 Å². The number of hydrogen-bond acceptors (Lipinski definition) is 7. The van der Waals surface area contributed by atoms with Crippen LogP contribution in [0.4, 0.5) is 29.3 Å². The van der Waals surface area contributed by atoms with E-state index in [1.54, 1.807) is 11.1 Å². The number of alkyl halides is 3. The summed E-state index contributed by atoms with van der Waals surface area (Å²) in [4.78, 5) is 49.4. The van der Waals surface area contributed by atoms with Gasteiger partial charge in [-0.3, -0.25) is 29.5 Å². The van der Waals surface area contributed by atoms with Crippen LogP contribution >= 0.6 is 0 Å². The van der Waals surface area contributed by atoms with E-state index in [1.165, 1.54) is 17.7 Å². The van der Waals surface area contributed by atoms with Gasteiger partial charge in [-0.15, -0.1) is 0 Å². The summed E-state index contributed by atoms with van der Waals surface area (Å²) in [5.74, 6) is 0.0543. The molecule has 5 heterocycles. The van der Waals surface area contributed by atoms with Crippen molar-refractivity contribution in [3.05, 3.63) is 89.6 Å². The third-order valence-corrected chi connectivity index (χ3v) is 11.3. The SMILES string of the molecule is Cc1cc2nn([C@H]3CC[C@H](CN4CCC(c5cccc6c(N7CCC(=O)NC7=O)cncc56)CC4)CC3)cc2cc1NC(=O)c1cccc(C(F)(F)F)n1. The van der Waals surface area contributed by atoms with Crippen molar-refractivity contribution in [3.8, 4) is 0 Å². The van der Waals surface area contributed by atoms with Gasteiger partial charge in [-0.25, -0.2) is 9.78 Å². The Morgan fingerprint density at radius 1 is 0.944 bits per heavy atom. The molecule has 11 nitrogen and oxygen atoms in total. The molecule has 2 aromatic carbocycles. The Morgan fingerprint density at radius 2 is 1.72 bits per heavy atom. The molecule has 1 aliphatic carbocycles. The second-order valence-electron chi connectivity index (χ2n) is 14.8. The second-order valence-corrected chi connectivity index (χ2v) is 14.8. The molecule has 3 fully saturated rings. The molecule has 2 N–H and O–H groups in total. The van der Waals surface area contributed by atoms with Gasteiger partial charge >= 0.3 is 12.2 Å². The molecular weight excluding hydrogens is 697 g/mol. The lowest BCUT2D eigenvalue weighted by atomic mass is 9.84. The van der Waals surface area contributed by atoms with Crippen LogP contribution in [0.15, 0.2) is 67.1 Å². The molecule has 280 valence electrons. The molecule has 8 rings (SSSR count). The number of rotatable bonds is 7. The molecule has 1 saturated carbocycles. The molecule has 0 bridgehead atoms. The lowest BCUT2D eigenvalue weighted by Crippen LogP contribution is -2.49. The number of benzene rings is 2. The third-order valence-electron chi connectivity index (χ3n) is 11.3. The van der Waals surface area contributed by atoms with Gasteiger partial charge in [-0.2, -0.15) is 18.3 Å². The number of amides is 4. The van der Waals surface area contributed by atoms with E-state index in [2.05, 4.69) is 37.6 Å². The van der Waals surface area contributed by atoms with Crippen molar-refractivity contribution in [3.63, 3.8) is 0 Å². The standard InChI is InChI=1S/C40H41F3N8O3/c1-24-18-34-27(19-33(24)46-38(53)32-6-3-7-36(45-32)40(41,42)43)23-51(48-34)28-10-8-25(9-11-28)22-49-15-12-26(13-16-49)29-4-2-5-30-31(29)20-44-21-35(30)50-17-14-37(52)47-39(50)54/h2-7,18-21,23,25-26,28H,8-17,22H2,1H3,(H,46,53)(H,47,52,54)/t25-,28-. The van der Waals surface area contributed by atoms with Crippen molar-refractivity contribution in [2.45, 2.75) is 70.0 Å². The summed E-state index contributed by atoms with van der Waals surface area (Å²) in [5, 5.41) is 12.9. The molecule has 3 aliphatic rings. The van der Waals surface area contributed by atoms with Gasteiger partial charge in [0.25, 0.3) is 5.91 Å². The number of halogens is 3. The predicted molar refractivity (Wildman–Crippen MR) is 198 cm³/mol. The number of aromatic nitrogens is 4. The molecule has 14 heteroatoms. The summed E-state index contributed by atoms with van der Waals surface area (Å²) in [6, 6.07) is 13.1. The Balaban J connectivity index is 0.857. The van der Waals surface area contributed by atoms with Crippen LogP contribution in [-0.4, -0.2) is 68.7 Å². The number of carbonyl (C=O) groups excluding carboxylic acids is 3. The first kappa shape index (κ1) is 35.6. The van der Waals surface area contributed by atoms with Crippen LogP contribution in [0.5, 0.6) is 0 Å². The minimum absolute atomic E-state index is 0.256. The minimum Gasteiger partial charge on any atom is -0.320 e. The summed E-state index contributed by atoms with van der Waals surface area (Å²) >= 11 is 0. The number of nitrogens with one attached hydrogen (secondary N) is 2. The molecular formula is C40H41F3N8O3. The molecule has 4 amide bonds. The Hall–Kier alpha value is -5.37. The Bertz CT molecular complexity index is 2240. The number of fused-ring (bicyclic) bond motifs is 2. The number of carbonyl (C=O) groups is 3. The van der Waals surface area contributed by atoms with Crippen LogP contribution in [-0.2, 0) is 11.0 Å². The smallest absolute Gasteiger partial charge is 0.320 e. The zero-order valence-corrected chi connectivity index (χ0v) is 29.9. The molecule has 0 unspecified atom stereocenters. The van der Waals surface area contributed by atoms with Gasteiger partial charge in [0.1, 0.15) is 11.4 Å². The van der Waals surface area contributed by atoms with E-state index in [0.29, 0.717) is 24.1 Å². The van der Waals surface area contributed by atoms with E-state index >= 15 is 0 Å². The molecule has 3 aromatic heterocycles. The average molecular weight is 739 g/mol. The number of pyridine rings is 2. The van der Waals surface area contributed by atoms with Crippen LogP contribution in [0.25, 0.3) is 21.7 Å². The topological polar surface area (TPSA) is 125 Å². The Kier molecular flexibility index (Phi) is 9.55. The maximum absolute atomic E-state index is 13.1. The largest absolute Gasteiger partial charge is 0.433 e. The maximum Gasteiger partial charge on any atom is 0.433 e. The number of anilines is 2. The van der Waals surface area contributed by atoms with E-state index in [-0.39, 0.29) is 24.1 Å². The van der Waals surface area contributed by atoms with E-state index < -0.39 is 23.8 Å². The highest BCUT2D eigenvalue weighted by Crippen LogP contribution is 2.38. The summed E-state index contributed by atoms with van der Waals surface area (Å²) in [5.41, 5.74) is 2.65. The average Bonchev–Trinajstić information content (AvgIpc) is 3.57. The van der Waals surface area contributed by atoms with Gasteiger partial charge in [0.15, 0.2) is 0 Å². The summed E-state index contributed by atoms with van der Waals surface area (Å²) < 4.78 is 41.4. The highest BCUT2D eigenvalue weighted by molar-refractivity contribution is 6.10. The minimum atomic E-state index is -4.64. The molecule has 2 aliphatic heterocycles. The van der Waals surface area contributed by atoms with Crippen molar-refractivity contribution in [1.29, 1.82) is 0 Å². The summed E-state index contributed by atoms with van der Waals surface area (Å²) in [6.45, 7) is 5.30. The van der Waals surface area contributed by atoms with Gasteiger partial charge in [0.05, 0.1) is 23.4 Å². The molecule has 5 aromatic rings. The van der Waals surface area contributed by atoms with Gasteiger partial charge in [0.2, 0.25) is 5.91 Å². The highest BCUT2D eigenvalue weighted by Gasteiger charge is 2.33. The number of urea groups is 1. The van der Waals surface area contributed by atoms with Crippen molar-refractivity contribution < 1.29 is 27.6 Å². The number of hydrogen-bond donors (Lipinski definition) is 2. The van der Waals surface area contributed by atoms with E-state index in [4.69, 9.17) is 5.10 Å². The van der Waals surface area contributed by atoms with E-state index in [9.17, 15) is 27.6 Å². The highest BCUT2D eigenvalue weighted by atomic mass is 19.4. The number of likely N-dealkylation sites (tertiary alicyclic amines) is 1. The maximum atomic E-state index is 13.1. The first-order valence-electron chi connectivity index (χ1n) is 18.6. The van der Waals surface area contributed by atoms with Gasteiger partial charge in [0, 0.05) is 53.8 Å². The Labute approximate surface area is 309 Å². The number of nitrogens with zero attached hydrogens (tertiary/aromatic N) is 6. The molecule has 0 spiro atoms. The zero-order valence-electron chi connectivity index (χ0n) is 29.9. The number of imide groups is 1. The van der Waals surface area contributed by atoms with Crippen LogP contribution < -0.4 is 15.5 Å². The van der Waals surface area contributed by atoms with Crippen LogP contribution in [0.1, 0.15) is 84.2 Å². The Morgan fingerprint density at radius 3 is 2.48 bits per heavy atom. The van der Waals surface area contributed by atoms with Gasteiger partial charge in [-0.1, -0.05) is 24.3 Å². The van der Waals surface area contributed by atoms with Crippen LogP contribution in [0, 0.1) is 12.8 Å². The molecule has 2 saturated heterocycles. The fraction of sp³-hybridized carbons (Fsp3) is 0.400. The lowest BCUT2D eigenvalue weighted by molar-refractivity contribution is -0.141. The van der Waals surface area contributed by atoms with E-state index in [1.807, 2.05) is 42.2 Å². The fourth-order valence-corrected chi connectivity index (χ4v) is 8.37. The fourth-order valence-electron chi connectivity index (χ4n) is 8.37. The monoisotopic (exact) mass is 738 g/mol. The normalized spacial score (nSPS) is 20.4. The third kappa shape index (κ3) is 7.26. The number of piperidine rings is 1. The zero-order chi connectivity index (χ0) is 37.6. The van der Waals surface area contributed by atoms with Gasteiger partial charge in [-0.05, 0) is 106 Å². The van der Waals surface area contributed by atoms with Crippen molar-refractivity contribution >= 4 is 50.9 Å². The number of aryl methyl sites for hydroxylation is 1. The predicted octanol–water partition coefficient (Wildman–Crippen LogP) is 7.62. The van der Waals surface area contributed by atoms with Crippen LogP contribution in [0.3, 0.4) is 0 Å². The van der Waals surface area contributed by atoms with Crippen LogP contribution in [0.2, 0.25) is 0 Å². The second kappa shape index (κ2) is 14.5. The first-order chi connectivity index (χ1) is 26.0. The van der Waals surface area contributed by atoms with Crippen molar-refractivity contribution in [2.24, 2.45) is 5.92 Å². The molecule has 54 heavy (non-hydrogen) atoms. The molecule has 0 radical (unpaired) electrons. The van der Waals surface area contributed by atoms with E-state index in [0.717, 1.165) is 97.2 Å². The summed E-state index contributed by atoms with van der Waals surface area (Å²) in [7, 11) is 0. The van der Waals surface area contributed by atoms with Crippen molar-refractivity contribution in [1.82, 2.24) is 30.0 Å². The first-order valence-corrected chi connectivity index (χ1v) is 18.6. The van der Waals surface area contributed by atoms with Gasteiger partial charge < -0.3 is 10.2 Å². The molecule has 0 atom stereocenters. The lowest BCUT2D eigenvalue weighted by Gasteiger charge is -2.37. The quantitative estimate of drug-likeness (QED) is 0.176. The summed E-state index contributed by atoms with van der Waals surface area (Å²) in [6.07, 6.45) is 7.60.